The Labute approximate surface area is 104 Å². The molecule has 0 atom stereocenters. The molecule has 2 aromatic rings. The topological polar surface area (TPSA) is 67.9 Å². The third-order valence-corrected chi connectivity index (χ3v) is 3.12. The Hall–Kier alpha value is -2.01. The van der Waals surface area contributed by atoms with Gasteiger partial charge in [0.1, 0.15) is 5.82 Å². The number of rotatable bonds is 1. The van der Waals surface area contributed by atoms with Crippen LogP contribution in [0.1, 0.15) is 16.8 Å². The lowest BCUT2D eigenvalue weighted by Gasteiger charge is -2.15. The van der Waals surface area contributed by atoms with Gasteiger partial charge in [-0.3, -0.25) is 9.78 Å². The summed E-state index contributed by atoms with van der Waals surface area (Å²) < 4.78 is 5.27. The number of nitrogens with one attached hydrogen (secondary N) is 1. The minimum atomic E-state index is -0.113. The smallest absolute Gasteiger partial charge is 0.256 e. The predicted octanol–water partition coefficient (Wildman–Crippen LogP) is 1.21. The molecule has 1 aliphatic rings. The van der Waals surface area contributed by atoms with Gasteiger partial charge in [0.25, 0.3) is 5.56 Å². The van der Waals surface area contributed by atoms with Crippen molar-refractivity contribution in [2.75, 3.05) is 6.61 Å². The molecule has 0 saturated carbocycles. The van der Waals surface area contributed by atoms with Crippen molar-refractivity contribution in [2.45, 2.75) is 20.0 Å². The Morgan fingerprint density at radius 2 is 2.33 bits per heavy atom. The van der Waals surface area contributed by atoms with Crippen LogP contribution >= 0.6 is 0 Å². The van der Waals surface area contributed by atoms with E-state index in [1.807, 2.05) is 13.0 Å². The number of hydrogen-bond acceptors (Lipinski definition) is 4. The van der Waals surface area contributed by atoms with Gasteiger partial charge in [-0.1, -0.05) is 0 Å². The monoisotopic (exact) mass is 243 g/mol. The summed E-state index contributed by atoms with van der Waals surface area (Å²) in [4.78, 5) is 23.4. The molecule has 3 rings (SSSR count). The van der Waals surface area contributed by atoms with Gasteiger partial charge in [0, 0.05) is 24.4 Å². The van der Waals surface area contributed by atoms with Crippen LogP contribution in [0.25, 0.3) is 11.4 Å². The van der Waals surface area contributed by atoms with Crippen molar-refractivity contribution in [3.8, 4) is 11.4 Å². The first-order valence-electron chi connectivity index (χ1n) is 5.86. The van der Waals surface area contributed by atoms with Crippen molar-refractivity contribution in [1.82, 2.24) is 15.0 Å². The number of aromatic nitrogens is 3. The maximum absolute atomic E-state index is 12.0. The number of nitrogens with zero attached hydrogens (tertiary/aromatic N) is 2. The molecule has 0 fully saturated rings. The molecule has 0 amide bonds. The van der Waals surface area contributed by atoms with Gasteiger partial charge in [0.15, 0.2) is 0 Å². The minimum Gasteiger partial charge on any atom is -0.376 e. The number of H-pyrrole nitrogens is 1. The first-order chi connectivity index (χ1) is 8.75. The normalized spacial score (nSPS) is 14.3. The van der Waals surface area contributed by atoms with Gasteiger partial charge in [-0.2, -0.15) is 0 Å². The van der Waals surface area contributed by atoms with Gasteiger partial charge in [0.05, 0.1) is 24.5 Å². The van der Waals surface area contributed by atoms with Crippen LogP contribution in [0.2, 0.25) is 0 Å². The van der Waals surface area contributed by atoms with Crippen LogP contribution in [0, 0.1) is 6.92 Å². The second-order valence-electron chi connectivity index (χ2n) is 4.33. The summed E-state index contributed by atoms with van der Waals surface area (Å²) in [5.74, 6) is 0.589. The van der Waals surface area contributed by atoms with Gasteiger partial charge < -0.3 is 9.72 Å². The molecule has 1 N–H and O–H groups in total. The van der Waals surface area contributed by atoms with Crippen LogP contribution in [0.4, 0.5) is 0 Å². The quantitative estimate of drug-likeness (QED) is 0.817. The molecular formula is C13H13N3O2. The summed E-state index contributed by atoms with van der Waals surface area (Å²) in [6, 6.07) is 1.90. The Balaban J connectivity index is 2.17. The van der Waals surface area contributed by atoms with E-state index in [9.17, 15) is 4.79 Å². The summed E-state index contributed by atoms with van der Waals surface area (Å²) in [5, 5.41) is 0. The second kappa shape index (κ2) is 4.34. The van der Waals surface area contributed by atoms with E-state index >= 15 is 0 Å². The average molecular weight is 243 g/mol. The highest BCUT2D eigenvalue weighted by Crippen LogP contribution is 2.19. The molecule has 0 saturated heterocycles. The molecule has 3 heterocycles. The number of pyridine rings is 1. The molecule has 0 spiro atoms. The van der Waals surface area contributed by atoms with Crippen molar-refractivity contribution >= 4 is 0 Å². The molecule has 0 aliphatic carbocycles. The molecule has 0 aromatic carbocycles. The fourth-order valence-electron chi connectivity index (χ4n) is 2.08. The second-order valence-corrected chi connectivity index (χ2v) is 4.33. The maximum atomic E-state index is 12.0. The van der Waals surface area contributed by atoms with Gasteiger partial charge in [-0.05, 0) is 18.6 Å². The Morgan fingerprint density at radius 3 is 3.17 bits per heavy atom. The SMILES string of the molecule is Cc1ccncc1-c1nc2c(c(=O)[nH]1)COCC2. The van der Waals surface area contributed by atoms with Crippen LogP contribution in [0.15, 0.2) is 23.3 Å². The molecule has 2 aromatic heterocycles. The summed E-state index contributed by atoms with van der Waals surface area (Å²) in [6.07, 6.45) is 4.13. The first kappa shape index (κ1) is 11.1. The van der Waals surface area contributed by atoms with Crippen molar-refractivity contribution in [1.29, 1.82) is 0 Å². The third kappa shape index (κ3) is 1.82. The third-order valence-electron chi connectivity index (χ3n) is 3.12. The Bertz CT molecular complexity index is 649. The zero-order valence-electron chi connectivity index (χ0n) is 10.1. The zero-order chi connectivity index (χ0) is 12.5. The number of fused-ring (bicyclic) bond motifs is 1. The van der Waals surface area contributed by atoms with Crippen molar-refractivity contribution in [3.05, 3.63) is 45.6 Å². The molecule has 5 nitrogen and oxygen atoms in total. The number of aromatic amines is 1. The van der Waals surface area contributed by atoms with E-state index in [-0.39, 0.29) is 5.56 Å². The van der Waals surface area contributed by atoms with E-state index < -0.39 is 0 Å². The Kier molecular flexibility index (Phi) is 2.68. The van der Waals surface area contributed by atoms with E-state index in [0.717, 1.165) is 16.8 Å². The number of aryl methyl sites for hydroxylation is 1. The molecule has 0 unspecified atom stereocenters. The highest BCUT2D eigenvalue weighted by Gasteiger charge is 2.17. The molecule has 92 valence electrons. The average Bonchev–Trinajstić information content (AvgIpc) is 2.39. The van der Waals surface area contributed by atoms with E-state index in [1.54, 1.807) is 12.4 Å². The van der Waals surface area contributed by atoms with Crippen molar-refractivity contribution in [3.63, 3.8) is 0 Å². The van der Waals surface area contributed by atoms with Crippen LogP contribution in [-0.2, 0) is 17.8 Å². The molecule has 0 radical (unpaired) electrons. The van der Waals surface area contributed by atoms with Crippen LogP contribution < -0.4 is 5.56 Å². The predicted molar refractivity (Wildman–Crippen MR) is 66.2 cm³/mol. The van der Waals surface area contributed by atoms with Gasteiger partial charge in [-0.25, -0.2) is 4.98 Å². The summed E-state index contributed by atoms with van der Waals surface area (Å²) >= 11 is 0. The van der Waals surface area contributed by atoms with Gasteiger partial charge in [0.2, 0.25) is 0 Å². The standard InChI is InChI=1S/C13H13N3O2/c1-8-2-4-14-6-9(8)12-15-11-3-5-18-7-10(11)13(17)16-12/h2,4,6H,3,5,7H2,1H3,(H,15,16,17). The van der Waals surface area contributed by atoms with E-state index in [2.05, 4.69) is 15.0 Å². The summed E-state index contributed by atoms with van der Waals surface area (Å²) in [5.41, 5.74) is 3.27. The molecule has 5 heteroatoms. The van der Waals surface area contributed by atoms with Crippen LogP contribution in [0.5, 0.6) is 0 Å². The van der Waals surface area contributed by atoms with Crippen LogP contribution in [-0.4, -0.2) is 21.6 Å². The van der Waals surface area contributed by atoms with E-state index in [4.69, 9.17) is 4.74 Å². The summed E-state index contributed by atoms with van der Waals surface area (Å²) in [6.45, 7) is 2.94. The van der Waals surface area contributed by atoms with E-state index in [1.165, 1.54) is 0 Å². The summed E-state index contributed by atoms with van der Waals surface area (Å²) in [7, 11) is 0. The number of hydrogen-bond donors (Lipinski definition) is 1. The fourth-order valence-corrected chi connectivity index (χ4v) is 2.08. The van der Waals surface area contributed by atoms with Gasteiger partial charge in [-0.15, -0.1) is 0 Å². The number of ether oxygens (including phenoxy) is 1. The molecule has 0 bridgehead atoms. The van der Waals surface area contributed by atoms with Gasteiger partial charge >= 0.3 is 0 Å². The molecular weight excluding hydrogens is 230 g/mol. The van der Waals surface area contributed by atoms with Crippen molar-refractivity contribution in [2.24, 2.45) is 0 Å². The van der Waals surface area contributed by atoms with Crippen LogP contribution in [0.3, 0.4) is 0 Å². The lowest BCUT2D eigenvalue weighted by Crippen LogP contribution is -2.24. The highest BCUT2D eigenvalue weighted by molar-refractivity contribution is 5.58. The largest absolute Gasteiger partial charge is 0.376 e. The minimum absolute atomic E-state index is 0.113. The highest BCUT2D eigenvalue weighted by atomic mass is 16.5. The van der Waals surface area contributed by atoms with E-state index in [0.29, 0.717) is 31.0 Å². The van der Waals surface area contributed by atoms with Crippen molar-refractivity contribution < 1.29 is 4.74 Å². The lowest BCUT2D eigenvalue weighted by molar-refractivity contribution is 0.108. The Morgan fingerprint density at radius 1 is 1.44 bits per heavy atom. The lowest BCUT2D eigenvalue weighted by atomic mass is 10.1. The molecule has 18 heavy (non-hydrogen) atoms. The maximum Gasteiger partial charge on any atom is 0.256 e. The zero-order valence-corrected chi connectivity index (χ0v) is 10.1. The molecule has 1 aliphatic heterocycles. The fraction of sp³-hybridized carbons (Fsp3) is 0.308. The first-order valence-corrected chi connectivity index (χ1v) is 5.86.